The summed E-state index contributed by atoms with van der Waals surface area (Å²) in [6, 6.07) is 14.6. The molecular weight excluding hydrogens is 626 g/mol. The number of allylic oxidation sites excluding steroid dienone is 4. The Morgan fingerprint density at radius 3 is 2.38 bits per heavy atom. The molecule has 0 bridgehead atoms. The molecule has 0 N–H and O–H groups in total. The average Bonchev–Trinajstić information content (AvgIpc) is 3.30. The van der Waals surface area contributed by atoms with E-state index in [9.17, 15) is 22.8 Å². The molecule has 6 atom stereocenters. The van der Waals surface area contributed by atoms with Crippen molar-refractivity contribution in [2.24, 2.45) is 28.3 Å². The number of benzene rings is 2. The Balaban J connectivity index is 1.47. The van der Waals surface area contributed by atoms with Gasteiger partial charge in [-0.05, 0) is 108 Å². The fourth-order valence-electron chi connectivity index (χ4n) is 8.88. The Bertz CT molecular complexity index is 1930. The Morgan fingerprint density at radius 2 is 1.73 bits per heavy atom. The molecule has 0 spiro atoms. The topological polar surface area (TPSA) is 116 Å². The SMILES string of the molecule is CC(=O)O/N=C/c1ccc(C2C[C@@]3(C)C(CC[C@]3(C#Cc3ccc(S(C)(=O)=O)cc3)OC(C)=O)C3C2=C2CCC(=O)C=C2C[C@H]3C)cc1. The predicted molar refractivity (Wildman–Crippen MR) is 182 cm³/mol. The van der Waals surface area contributed by atoms with Crippen LogP contribution in [0.3, 0.4) is 0 Å². The average molecular weight is 668 g/mol. The van der Waals surface area contributed by atoms with E-state index in [2.05, 4.69) is 43.0 Å². The second kappa shape index (κ2) is 12.6. The molecule has 0 amide bonds. The maximum Gasteiger partial charge on any atom is 0.331 e. The van der Waals surface area contributed by atoms with Crippen LogP contribution in [0.25, 0.3) is 0 Å². The van der Waals surface area contributed by atoms with Crippen molar-refractivity contribution < 1.29 is 32.4 Å². The lowest BCUT2D eigenvalue weighted by molar-refractivity contribution is -0.164. The minimum atomic E-state index is -3.35. The van der Waals surface area contributed by atoms with E-state index >= 15 is 0 Å². The first kappa shape index (κ1) is 33.6. The number of carbonyl (C=O) groups excluding carboxylic acids is 3. The van der Waals surface area contributed by atoms with Gasteiger partial charge in [-0.25, -0.2) is 13.2 Å². The summed E-state index contributed by atoms with van der Waals surface area (Å²) < 4.78 is 30.4. The summed E-state index contributed by atoms with van der Waals surface area (Å²) in [6.07, 6.45) is 8.73. The van der Waals surface area contributed by atoms with Gasteiger partial charge in [0.1, 0.15) is 0 Å². The lowest BCUT2D eigenvalue weighted by atomic mass is 9.49. The van der Waals surface area contributed by atoms with E-state index in [0.29, 0.717) is 24.8 Å². The molecule has 0 heterocycles. The van der Waals surface area contributed by atoms with E-state index in [0.717, 1.165) is 36.0 Å². The number of esters is 1. The number of ether oxygens (including phenoxy) is 1. The number of carbonyl (C=O) groups is 3. The van der Waals surface area contributed by atoms with Gasteiger partial charge in [-0.3, -0.25) is 9.59 Å². The summed E-state index contributed by atoms with van der Waals surface area (Å²) in [4.78, 5) is 41.5. The van der Waals surface area contributed by atoms with E-state index in [1.807, 2.05) is 18.2 Å². The number of oxime groups is 1. The maximum absolute atomic E-state index is 12.8. The van der Waals surface area contributed by atoms with Gasteiger partial charge in [0.15, 0.2) is 21.2 Å². The van der Waals surface area contributed by atoms with Crippen molar-refractivity contribution in [2.45, 2.75) is 82.6 Å². The van der Waals surface area contributed by atoms with Gasteiger partial charge in [0, 0.05) is 43.4 Å². The summed E-state index contributed by atoms with van der Waals surface area (Å²) in [5.74, 6) is 6.70. The lowest BCUT2D eigenvalue weighted by Crippen LogP contribution is -2.54. The molecule has 2 saturated carbocycles. The number of hydrogen-bond donors (Lipinski definition) is 0. The van der Waals surface area contributed by atoms with Crippen LogP contribution in [0.1, 0.15) is 88.8 Å². The second-order valence-corrected chi connectivity index (χ2v) is 16.1. The minimum Gasteiger partial charge on any atom is -0.445 e. The molecule has 0 aliphatic heterocycles. The van der Waals surface area contributed by atoms with Crippen molar-refractivity contribution in [1.29, 1.82) is 0 Å². The highest BCUT2D eigenvalue weighted by Gasteiger charge is 2.65. The van der Waals surface area contributed by atoms with E-state index in [1.165, 1.54) is 37.5 Å². The van der Waals surface area contributed by atoms with Crippen molar-refractivity contribution in [2.75, 3.05) is 6.26 Å². The molecule has 2 aromatic rings. The lowest BCUT2D eigenvalue weighted by Gasteiger charge is -2.56. The molecule has 3 unspecified atom stereocenters. The van der Waals surface area contributed by atoms with Gasteiger partial charge >= 0.3 is 11.9 Å². The highest BCUT2D eigenvalue weighted by molar-refractivity contribution is 7.90. The van der Waals surface area contributed by atoms with Gasteiger partial charge in [0.25, 0.3) is 0 Å². The zero-order valence-corrected chi connectivity index (χ0v) is 28.9. The third-order valence-corrected chi connectivity index (χ3v) is 12.1. The monoisotopic (exact) mass is 667 g/mol. The molecular formula is C39H41NO7S. The number of hydrogen-bond acceptors (Lipinski definition) is 8. The molecule has 2 aromatic carbocycles. The molecule has 4 aliphatic carbocycles. The largest absolute Gasteiger partial charge is 0.445 e. The third kappa shape index (κ3) is 6.19. The second-order valence-electron chi connectivity index (χ2n) is 14.0. The molecule has 0 radical (unpaired) electrons. The number of sulfone groups is 1. The Morgan fingerprint density at radius 1 is 1.02 bits per heavy atom. The Hall–Kier alpha value is -4.29. The van der Waals surface area contributed by atoms with E-state index < -0.39 is 26.8 Å². The summed E-state index contributed by atoms with van der Waals surface area (Å²) >= 11 is 0. The van der Waals surface area contributed by atoms with Crippen molar-refractivity contribution in [3.63, 3.8) is 0 Å². The normalized spacial score (nSPS) is 29.6. The quantitative estimate of drug-likeness (QED) is 0.118. The zero-order valence-electron chi connectivity index (χ0n) is 28.0. The van der Waals surface area contributed by atoms with Crippen molar-refractivity contribution in [3.05, 3.63) is 88.0 Å². The highest BCUT2D eigenvalue weighted by atomic mass is 32.2. The summed E-state index contributed by atoms with van der Waals surface area (Å²) in [6.45, 7) is 7.24. The first-order chi connectivity index (χ1) is 22.7. The van der Waals surface area contributed by atoms with Crippen LogP contribution in [0.5, 0.6) is 0 Å². The van der Waals surface area contributed by atoms with Crippen LogP contribution in [-0.2, 0) is 33.8 Å². The molecule has 0 aromatic heterocycles. The van der Waals surface area contributed by atoms with Crippen LogP contribution in [-0.4, -0.2) is 44.2 Å². The molecule has 0 saturated heterocycles. The molecule has 2 fully saturated rings. The Labute approximate surface area is 282 Å². The standard InChI is InChI=1S/C39H41NO7S/c1-24-20-30-21-31(43)12-15-33(30)37-34(29-10-6-28(7-11-29)23-40-47-26(3)42)22-38(4)35(36(24)37)17-19-39(38,46-25(2)41)18-16-27-8-13-32(14-9-27)48(5,44)45/h6-11,13-14,21,23-24,34-36H,12,15,17,19-20,22H2,1-5H3/b40-23+/t24-,34?,35?,36?,38+,39+/m1/s1. The van der Waals surface area contributed by atoms with Gasteiger partial charge in [-0.15, -0.1) is 0 Å². The summed E-state index contributed by atoms with van der Waals surface area (Å²) in [7, 11) is -3.35. The van der Waals surface area contributed by atoms with E-state index in [1.54, 1.807) is 24.3 Å². The fourth-order valence-corrected chi connectivity index (χ4v) is 9.51. The van der Waals surface area contributed by atoms with Crippen molar-refractivity contribution in [3.8, 4) is 11.8 Å². The van der Waals surface area contributed by atoms with Crippen molar-refractivity contribution >= 4 is 33.8 Å². The number of ketones is 1. The minimum absolute atomic E-state index is 0.00561. The summed E-state index contributed by atoms with van der Waals surface area (Å²) in [5.41, 5.74) is 4.87. The van der Waals surface area contributed by atoms with Crippen LogP contribution in [0.2, 0.25) is 0 Å². The van der Waals surface area contributed by atoms with E-state index in [4.69, 9.17) is 9.57 Å². The van der Waals surface area contributed by atoms with Gasteiger partial charge in [-0.1, -0.05) is 54.8 Å². The molecule has 9 heteroatoms. The van der Waals surface area contributed by atoms with Gasteiger partial charge in [0.2, 0.25) is 0 Å². The van der Waals surface area contributed by atoms with Crippen LogP contribution in [0.15, 0.2) is 81.4 Å². The van der Waals surface area contributed by atoms with Crippen LogP contribution in [0.4, 0.5) is 0 Å². The summed E-state index contributed by atoms with van der Waals surface area (Å²) in [5, 5.41) is 3.77. The number of fused-ring (bicyclic) bond motifs is 4. The van der Waals surface area contributed by atoms with Gasteiger partial charge in [0.05, 0.1) is 11.1 Å². The van der Waals surface area contributed by atoms with Crippen LogP contribution in [0, 0.1) is 35.0 Å². The maximum atomic E-state index is 12.8. The fraction of sp³-hybridized carbons (Fsp3) is 0.436. The van der Waals surface area contributed by atoms with Gasteiger partial charge < -0.3 is 9.57 Å². The molecule has 8 nitrogen and oxygen atoms in total. The molecule has 250 valence electrons. The van der Waals surface area contributed by atoms with Crippen LogP contribution >= 0.6 is 0 Å². The smallest absolute Gasteiger partial charge is 0.331 e. The Kier molecular flexibility index (Phi) is 8.84. The van der Waals surface area contributed by atoms with Crippen molar-refractivity contribution in [1.82, 2.24) is 0 Å². The molecule has 48 heavy (non-hydrogen) atoms. The van der Waals surface area contributed by atoms with E-state index in [-0.39, 0.29) is 40.3 Å². The third-order valence-electron chi connectivity index (χ3n) is 10.9. The highest BCUT2D eigenvalue weighted by Crippen LogP contribution is 2.68. The first-order valence-electron chi connectivity index (χ1n) is 16.5. The first-order valence-corrected chi connectivity index (χ1v) is 18.4. The molecule has 4 aliphatic rings. The zero-order chi connectivity index (χ0) is 34.4. The number of rotatable bonds is 5. The number of nitrogens with zero attached hydrogens (tertiary/aromatic N) is 1. The predicted octanol–water partition coefficient (Wildman–Crippen LogP) is 6.49. The molecule has 6 rings (SSSR count). The van der Waals surface area contributed by atoms with Gasteiger partial charge in [-0.2, -0.15) is 0 Å². The van der Waals surface area contributed by atoms with Crippen LogP contribution < -0.4 is 0 Å².